The minimum atomic E-state index is 0.213. The maximum absolute atomic E-state index is 9.24. The molecule has 0 saturated carbocycles. The molecule has 6 heteroatoms. The van der Waals surface area contributed by atoms with Gasteiger partial charge >= 0.3 is 0 Å². The number of nitrogens with zero attached hydrogens (tertiary/aromatic N) is 3. The highest BCUT2D eigenvalue weighted by Gasteiger charge is 2.21. The quantitative estimate of drug-likeness (QED) is 0.782. The van der Waals surface area contributed by atoms with E-state index in [1.54, 1.807) is 6.07 Å². The van der Waals surface area contributed by atoms with Crippen LogP contribution in [0.4, 0.5) is 5.95 Å². The van der Waals surface area contributed by atoms with Crippen molar-refractivity contribution in [2.45, 2.75) is 19.8 Å². The lowest BCUT2D eigenvalue weighted by molar-refractivity contribution is 0.208. The molecule has 1 aliphatic heterocycles. The summed E-state index contributed by atoms with van der Waals surface area (Å²) in [4.78, 5) is 11.2. The SMILES string of the molecule is Cc1cc(C(N)=S)nc(N2CCCC(CO)C2)n1. The monoisotopic (exact) mass is 266 g/mol. The molecule has 98 valence electrons. The first kappa shape index (κ1) is 13.2. The highest BCUT2D eigenvalue weighted by Crippen LogP contribution is 2.20. The van der Waals surface area contributed by atoms with Crippen molar-refractivity contribution in [2.75, 3.05) is 24.6 Å². The molecular formula is C12H18N4OS. The minimum Gasteiger partial charge on any atom is -0.396 e. The van der Waals surface area contributed by atoms with Gasteiger partial charge in [0.05, 0.1) is 0 Å². The van der Waals surface area contributed by atoms with Gasteiger partial charge < -0.3 is 15.7 Å². The highest BCUT2D eigenvalue weighted by molar-refractivity contribution is 7.80. The maximum Gasteiger partial charge on any atom is 0.226 e. The zero-order valence-electron chi connectivity index (χ0n) is 10.5. The van der Waals surface area contributed by atoms with Crippen molar-refractivity contribution in [1.82, 2.24) is 9.97 Å². The number of rotatable bonds is 3. The lowest BCUT2D eigenvalue weighted by Crippen LogP contribution is -2.38. The summed E-state index contributed by atoms with van der Waals surface area (Å²) in [5.74, 6) is 0.965. The Hall–Kier alpha value is -1.27. The van der Waals surface area contributed by atoms with Crippen LogP contribution in [0, 0.1) is 12.8 Å². The summed E-state index contributed by atoms with van der Waals surface area (Å²) in [6.45, 7) is 3.82. The van der Waals surface area contributed by atoms with E-state index in [4.69, 9.17) is 18.0 Å². The molecule has 0 radical (unpaired) electrons. The Morgan fingerprint density at radius 2 is 2.39 bits per heavy atom. The van der Waals surface area contributed by atoms with E-state index in [1.165, 1.54) is 0 Å². The van der Waals surface area contributed by atoms with Crippen LogP contribution >= 0.6 is 12.2 Å². The molecular weight excluding hydrogens is 248 g/mol. The van der Waals surface area contributed by atoms with Gasteiger partial charge in [0.25, 0.3) is 0 Å². The molecule has 1 aliphatic rings. The smallest absolute Gasteiger partial charge is 0.226 e. The predicted octanol–water partition coefficient (Wildman–Crippen LogP) is 0.628. The van der Waals surface area contributed by atoms with E-state index in [9.17, 15) is 5.11 Å². The summed E-state index contributed by atoms with van der Waals surface area (Å²) in [7, 11) is 0. The van der Waals surface area contributed by atoms with Gasteiger partial charge in [-0.15, -0.1) is 0 Å². The van der Waals surface area contributed by atoms with E-state index in [0.717, 1.165) is 31.6 Å². The number of piperidine rings is 1. The molecule has 0 aromatic carbocycles. The van der Waals surface area contributed by atoms with Crippen LogP contribution in [0.15, 0.2) is 6.07 Å². The van der Waals surface area contributed by atoms with E-state index < -0.39 is 0 Å². The number of aliphatic hydroxyl groups is 1. The summed E-state index contributed by atoms with van der Waals surface area (Å²) in [6.07, 6.45) is 2.10. The Kier molecular flexibility index (Phi) is 4.08. The minimum absolute atomic E-state index is 0.213. The molecule has 0 bridgehead atoms. The maximum atomic E-state index is 9.24. The Morgan fingerprint density at radius 1 is 1.61 bits per heavy atom. The van der Waals surface area contributed by atoms with Crippen molar-refractivity contribution in [1.29, 1.82) is 0 Å². The zero-order valence-corrected chi connectivity index (χ0v) is 11.3. The van der Waals surface area contributed by atoms with Crippen molar-refractivity contribution in [2.24, 2.45) is 11.7 Å². The lowest BCUT2D eigenvalue weighted by atomic mass is 9.99. The van der Waals surface area contributed by atoms with Crippen molar-refractivity contribution < 1.29 is 5.11 Å². The summed E-state index contributed by atoms with van der Waals surface area (Å²) >= 11 is 4.96. The first-order valence-corrected chi connectivity index (χ1v) is 6.52. The first-order chi connectivity index (χ1) is 8.60. The average Bonchev–Trinajstić information content (AvgIpc) is 2.38. The molecule has 3 N–H and O–H groups in total. The van der Waals surface area contributed by atoms with Crippen LogP contribution in [0.1, 0.15) is 24.2 Å². The Balaban J connectivity index is 2.24. The van der Waals surface area contributed by atoms with Gasteiger partial charge in [-0.25, -0.2) is 9.97 Å². The van der Waals surface area contributed by atoms with E-state index in [1.807, 2.05) is 6.92 Å². The fourth-order valence-electron chi connectivity index (χ4n) is 2.22. The molecule has 1 unspecified atom stereocenters. The molecule has 2 rings (SSSR count). The van der Waals surface area contributed by atoms with Gasteiger partial charge in [-0.3, -0.25) is 0 Å². The summed E-state index contributed by atoms with van der Waals surface area (Å²) in [5, 5.41) is 9.24. The van der Waals surface area contributed by atoms with Crippen LogP contribution in [0.5, 0.6) is 0 Å². The number of aromatic nitrogens is 2. The Bertz CT molecular complexity index is 452. The number of aryl methyl sites for hydroxylation is 1. The number of hydrogen-bond donors (Lipinski definition) is 2. The van der Waals surface area contributed by atoms with Crippen molar-refractivity contribution in [3.8, 4) is 0 Å². The Morgan fingerprint density at radius 3 is 3.06 bits per heavy atom. The molecule has 0 spiro atoms. The molecule has 5 nitrogen and oxygen atoms in total. The van der Waals surface area contributed by atoms with Crippen LogP contribution in [-0.2, 0) is 0 Å². The molecule has 1 aromatic rings. The third-order valence-corrected chi connectivity index (χ3v) is 3.36. The molecule has 1 saturated heterocycles. The van der Waals surface area contributed by atoms with E-state index in [2.05, 4.69) is 14.9 Å². The topological polar surface area (TPSA) is 75.3 Å². The molecule has 1 atom stereocenters. The number of aliphatic hydroxyl groups excluding tert-OH is 1. The van der Waals surface area contributed by atoms with E-state index >= 15 is 0 Å². The van der Waals surface area contributed by atoms with Gasteiger partial charge in [-0.05, 0) is 31.7 Å². The molecule has 0 amide bonds. The third kappa shape index (κ3) is 2.94. The van der Waals surface area contributed by atoms with Gasteiger partial charge in [-0.2, -0.15) is 0 Å². The molecule has 18 heavy (non-hydrogen) atoms. The van der Waals surface area contributed by atoms with Gasteiger partial charge in [-0.1, -0.05) is 12.2 Å². The van der Waals surface area contributed by atoms with Crippen LogP contribution in [0.25, 0.3) is 0 Å². The van der Waals surface area contributed by atoms with E-state index in [0.29, 0.717) is 17.6 Å². The second-order valence-corrected chi connectivity index (χ2v) is 5.14. The first-order valence-electron chi connectivity index (χ1n) is 6.11. The van der Waals surface area contributed by atoms with Gasteiger partial charge in [0.1, 0.15) is 10.7 Å². The van der Waals surface area contributed by atoms with Gasteiger partial charge in [0.15, 0.2) is 0 Å². The fraction of sp³-hybridized carbons (Fsp3) is 0.583. The zero-order chi connectivity index (χ0) is 13.1. The Labute approximate surface area is 112 Å². The molecule has 2 heterocycles. The number of nitrogens with two attached hydrogens (primary N) is 1. The van der Waals surface area contributed by atoms with Crippen molar-refractivity contribution in [3.05, 3.63) is 17.5 Å². The molecule has 0 aliphatic carbocycles. The van der Waals surface area contributed by atoms with Crippen molar-refractivity contribution in [3.63, 3.8) is 0 Å². The molecule has 1 fully saturated rings. The summed E-state index contributed by atoms with van der Waals surface area (Å²) in [5.41, 5.74) is 7.08. The van der Waals surface area contributed by atoms with Gasteiger partial charge in [0, 0.05) is 25.4 Å². The number of hydrogen-bond acceptors (Lipinski definition) is 5. The summed E-state index contributed by atoms with van der Waals surface area (Å²) in [6, 6.07) is 1.79. The largest absolute Gasteiger partial charge is 0.396 e. The van der Waals surface area contributed by atoms with Gasteiger partial charge in [0.2, 0.25) is 5.95 Å². The van der Waals surface area contributed by atoms with Crippen LogP contribution in [0.3, 0.4) is 0 Å². The molecule has 1 aromatic heterocycles. The third-order valence-electron chi connectivity index (χ3n) is 3.15. The number of anilines is 1. The standard InChI is InChI=1S/C12H18N4OS/c1-8-5-10(11(13)18)15-12(14-8)16-4-2-3-9(6-16)7-17/h5,9,17H,2-4,6-7H2,1H3,(H2,13,18). The summed E-state index contributed by atoms with van der Waals surface area (Å²) < 4.78 is 0. The normalized spacial score (nSPS) is 19.9. The highest BCUT2D eigenvalue weighted by atomic mass is 32.1. The average molecular weight is 266 g/mol. The second kappa shape index (κ2) is 5.58. The van der Waals surface area contributed by atoms with Crippen LogP contribution in [-0.4, -0.2) is 39.8 Å². The van der Waals surface area contributed by atoms with Crippen molar-refractivity contribution >= 4 is 23.2 Å². The number of thiocarbonyl (C=S) groups is 1. The van der Waals surface area contributed by atoms with Crippen LogP contribution < -0.4 is 10.6 Å². The second-order valence-electron chi connectivity index (χ2n) is 4.70. The van der Waals surface area contributed by atoms with E-state index in [-0.39, 0.29) is 11.6 Å². The predicted molar refractivity (Wildman–Crippen MR) is 74.7 cm³/mol. The lowest BCUT2D eigenvalue weighted by Gasteiger charge is -2.32. The van der Waals surface area contributed by atoms with Crippen LogP contribution in [0.2, 0.25) is 0 Å². The fourth-order valence-corrected chi connectivity index (χ4v) is 2.32.